The zero-order valence-corrected chi connectivity index (χ0v) is 9.62. The number of aryl methyl sites for hydroxylation is 1. The minimum absolute atomic E-state index is 0.0181. The molecule has 3 heteroatoms. The summed E-state index contributed by atoms with van der Waals surface area (Å²) in [5, 5.41) is 0.671. The molecule has 0 aliphatic heterocycles. The van der Waals surface area contributed by atoms with Crippen molar-refractivity contribution in [2.45, 2.75) is 13.3 Å². The lowest BCUT2D eigenvalue weighted by atomic mass is 10.1. The largest absolute Gasteiger partial charge is 0.458 e. The minimum atomic E-state index is -0.0181. The molecule has 0 atom stereocenters. The molecule has 2 rings (SSSR count). The number of benzene rings is 1. The van der Waals surface area contributed by atoms with Crippen molar-refractivity contribution < 1.29 is 9.21 Å². The Labute approximate surface area is 98.8 Å². The molecule has 0 aliphatic rings. The molecule has 0 aliphatic carbocycles. The molecule has 1 heterocycles. The molecular weight excluding hydrogens is 224 g/mol. The van der Waals surface area contributed by atoms with Gasteiger partial charge in [-0.2, -0.15) is 0 Å². The summed E-state index contributed by atoms with van der Waals surface area (Å²) < 4.78 is 5.27. The molecule has 16 heavy (non-hydrogen) atoms. The molecule has 2 nitrogen and oxygen atoms in total. The maximum Gasteiger partial charge on any atom is 0.202 e. The van der Waals surface area contributed by atoms with E-state index < -0.39 is 0 Å². The normalized spacial score (nSPS) is 10.4. The Morgan fingerprint density at radius 2 is 1.88 bits per heavy atom. The van der Waals surface area contributed by atoms with Crippen LogP contribution in [-0.4, -0.2) is 5.78 Å². The molecule has 0 radical (unpaired) electrons. The lowest BCUT2D eigenvalue weighted by molar-refractivity contribution is 0.0965. The number of Topliss-reactive ketones (excluding diaryl/α,β-unsaturated/α-hetero) is 1. The van der Waals surface area contributed by atoms with Gasteiger partial charge in [0.25, 0.3) is 0 Å². The highest BCUT2D eigenvalue weighted by Gasteiger charge is 2.10. The van der Waals surface area contributed by atoms with E-state index in [1.54, 1.807) is 24.3 Å². The van der Waals surface area contributed by atoms with Crippen molar-refractivity contribution in [3.8, 4) is 0 Å². The van der Waals surface area contributed by atoms with Crippen LogP contribution in [0.5, 0.6) is 0 Å². The van der Waals surface area contributed by atoms with E-state index in [1.165, 1.54) is 0 Å². The van der Waals surface area contributed by atoms with Crippen LogP contribution >= 0.6 is 11.6 Å². The van der Waals surface area contributed by atoms with Gasteiger partial charge in [0.1, 0.15) is 5.76 Å². The second-order valence-electron chi connectivity index (χ2n) is 3.64. The molecular formula is C13H11ClO2. The predicted octanol–water partition coefficient (Wildman–Crippen LogP) is 3.67. The van der Waals surface area contributed by atoms with E-state index in [4.69, 9.17) is 16.0 Å². The van der Waals surface area contributed by atoms with Crippen LogP contribution in [0.25, 0.3) is 0 Å². The third-order valence-corrected chi connectivity index (χ3v) is 2.55. The fourth-order valence-corrected chi connectivity index (χ4v) is 1.59. The van der Waals surface area contributed by atoms with Crippen molar-refractivity contribution in [1.29, 1.82) is 0 Å². The van der Waals surface area contributed by atoms with Gasteiger partial charge in [-0.1, -0.05) is 23.7 Å². The summed E-state index contributed by atoms with van der Waals surface area (Å²) in [5.74, 6) is 1.14. The molecule has 82 valence electrons. The summed E-state index contributed by atoms with van der Waals surface area (Å²) in [6, 6.07) is 10.7. The van der Waals surface area contributed by atoms with E-state index in [1.807, 2.05) is 19.1 Å². The van der Waals surface area contributed by atoms with Crippen molar-refractivity contribution in [3.05, 3.63) is 58.5 Å². The standard InChI is InChI=1S/C13H11ClO2/c1-9-2-7-13(16-9)12(15)8-10-3-5-11(14)6-4-10/h2-7H,8H2,1H3. The first kappa shape index (κ1) is 11.0. The average Bonchev–Trinajstić information content (AvgIpc) is 2.68. The average molecular weight is 235 g/mol. The Bertz CT molecular complexity index is 497. The smallest absolute Gasteiger partial charge is 0.202 e. The van der Waals surface area contributed by atoms with Crippen LogP contribution in [0.4, 0.5) is 0 Å². The van der Waals surface area contributed by atoms with E-state index in [0.29, 0.717) is 17.2 Å². The van der Waals surface area contributed by atoms with Crippen LogP contribution < -0.4 is 0 Å². The molecule has 2 aromatic rings. The van der Waals surface area contributed by atoms with Crippen LogP contribution in [0.15, 0.2) is 40.8 Å². The van der Waals surface area contributed by atoms with Gasteiger partial charge in [0.05, 0.1) is 0 Å². The second-order valence-corrected chi connectivity index (χ2v) is 4.07. The minimum Gasteiger partial charge on any atom is -0.458 e. The highest BCUT2D eigenvalue weighted by Crippen LogP contribution is 2.13. The summed E-state index contributed by atoms with van der Waals surface area (Å²) in [6.45, 7) is 1.82. The summed E-state index contributed by atoms with van der Waals surface area (Å²) >= 11 is 5.77. The molecule has 0 spiro atoms. The number of furan rings is 1. The maximum atomic E-state index is 11.8. The molecule has 0 unspecified atom stereocenters. The van der Waals surface area contributed by atoms with E-state index >= 15 is 0 Å². The van der Waals surface area contributed by atoms with Gasteiger partial charge in [0.15, 0.2) is 5.76 Å². The van der Waals surface area contributed by atoms with Crippen LogP contribution in [0.2, 0.25) is 5.02 Å². The number of rotatable bonds is 3. The third kappa shape index (κ3) is 2.52. The van der Waals surface area contributed by atoms with Crippen molar-refractivity contribution in [1.82, 2.24) is 0 Å². The Morgan fingerprint density at radius 3 is 2.44 bits per heavy atom. The van der Waals surface area contributed by atoms with Crippen LogP contribution in [-0.2, 0) is 6.42 Å². The topological polar surface area (TPSA) is 30.2 Å². The van der Waals surface area contributed by atoms with Gasteiger partial charge in [-0.3, -0.25) is 4.79 Å². The molecule has 0 fully saturated rings. The van der Waals surface area contributed by atoms with Gasteiger partial charge < -0.3 is 4.42 Å². The van der Waals surface area contributed by atoms with Crippen LogP contribution in [0, 0.1) is 6.92 Å². The summed E-state index contributed by atoms with van der Waals surface area (Å²) in [6.07, 6.45) is 0.337. The van der Waals surface area contributed by atoms with Crippen molar-refractivity contribution in [3.63, 3.8) is 0 Å². The van der Waals surface area contributed by atoms with Crippen molar-refractivity contribution in [2.75, 3.05) is 0 Å². The molecule has 0 N–H and O–H groups in total. The Hall–Kier alpha value is -1.54. The van der Waals surface area contributed by atoms with Crippen LogP contribution in [0.3, 0.4) is 0 Å². The quantitative estimate of drug-likeness (QED) is 0.759. The molecule has 0 saturated carbocycles. The summed E-state index contributed by atoms with van der Waals surface area (Å²) in [4.78, 5) is 11.8. The van der Waals surface area contributed by atoms with Crippen LogP contribution in [0.1, 0.15) is 21.9 Å². The van der Waals surface area contributed by atoms with Gasteiger partial charge >= 0.3 is 0 Å². The van der Waals surface area contributed by atoms with Gasteiger partial charge in [-0.25, -0.2) is 0 Å². The molecule has 0 saturated heterocycles. The molecule has 1 aromatic carbocycles. The first-order valence-electron chi connectivity index (χ1n) is 4.99. The van der Waals surface area contributed by atoms with E-state index in [2.05, 4.69) is 0 Å². The Kier molecular flexibility index (Phi) is 3.11. The highest BCUT2D eigenvalue weighted by molar-refractivity contribution is 6.30. The van der Waals surface area contributed by atoms with Gasteiger partial charge in [-0.05, 0) is 36.8 Å². The van der Waals surface area contributed by atoms with Gasteiger partial charge in [0.2, 0.25) is 5.78 Å². The zero-order valence-electron chi connectivity index (χ0n) is 8.87. The lowest BCUT2D eigenvalue weighted by Gasteiger charge is -1.98. The number of ketones is 1. The second kappa shape index (κ2) is 4.54. The predicted molar refractivity (Wildman–Crippen MR) is 62.9 cm³/mol. The van der Waals surface area contributed by atoms with E-state index in [9.17, 15) is 4.79 Å². The number of carbonyl (C=O) groups is 1. The first-order valence-corrected chi connectivity index (χ1v) is 5.37. The molecule has 0 bridgehead atoms. The van der Waals surface area contributed by atoms with Gasteiger partial charge in [-0.15, -0.1) is 0 Å². The number of halogens is 1. The number of carbonyl (C=O) groups excluding carboxylic acids is 1. The Morgan fingerprint density at radius 1 is 1.19 bits per heavy atom. The third-order valence-electron chi connectivity index (χ3n) is 2.29. The SMILES string of the molecule is Cc1ccc(C(=O)Cc2ccc(Cl)cc2)o1. The molecule has 1 aromatic heterocycles. The molecule has 0 amide bonds. The van der Waals surface area contributed by atoms with Crippen molar-refractivity contribution >= 4 is 17.4 Å². The summed E-state index contributed by atoms with van der Waals surface area (Å²) in [5.41, 5.74) is 0.934. The fraction of sp³-hybridized carbons (Fsp3) is 0.154. The van der Waals surface area contributed by atoms with Crippen molar-refractivity contribution in [2.24, 2.45) is 0 Å². The highest BCUT2D eigenvalue weighted by atomic mass is 35.5. The fourth-order valence-electron chi connectivity index (χ4n) is 1.46. The first-order chi connectivity index (χ1) is 7.65. The monoisotopic (exact) mass is 234 g/mol. The number of hydrogen-bond donors (Lipinski definition) is 0. The van der Waals surface area contributed by atoms with E-state index in [0.717, 1.165) is 11.3 Å². The lowest BCUT2D eigenvalue weighted by Crippen LogP contribution is -2.01. The van der Waals surface area contributed by atoms with Gasteiger partial charge in [0, 0.05) is 11.4 Å². The maximum absolute atomic E-state index is 11.8. The summed E-state index contributed by atoms with van der Waals surface area (Å²) in [7, 11) is 0. The Balaban J connectivity index is 2.10. The number of hydrogen-bond acceptors (Lipinski definition) is 2. The zero-order chi connectivity index (χ0) is 11.5. The van der Waals surface area contributed by atoms with E-state index in [-0.39, 0.29) is 5.78 Å².